The molecule has 0 radical (unpaired) electrons. The molecule has 1 saturated heterocycles. The lowest BCUT2D eigenvalue weighted by Crippen LogP contribution is -2.26. The van der Waals surface area contributed by atoms with Gasteiger partial charge in [-0.2, -0.15) is 4.98 Å². The zero-order valence-corrected chi connectivity index (χ0v) is 9.56. The van der Waals surface area contributed by atoms with E-state index in [1.165, 1.54) is 0 Å². The lowest BCUT2D eigenvalue weighted by molar-refractivity contribution is 0.318. The Hall–Kier alpha value is -1.62. The van der Waals surface area contributed by atoms with Crippen LogP contribution in [-0.2, 0) is 6.42 Å². The van der Waals surface area contributed by atoms with E-state index in [0.717, 1.165) is 37.6 Å². The minimum atomic E-state index is 0.411. The van der Waals surface area contributed by atoms with Crippen molar-refractivity contribution in [1.82, 2.24) is 15.5 Å². The molecule has 0 saturated carbocycles. The average molecular weight is 233 g/mol. The first-order valence-electron chi connectivity index (χ1n) is 5.97. The van der Waals surface area contributed by atoms with Gasteiger partial charge in [-0.3, -0.25) is 0 Å². The number of hydrogen-bond donors (Lipinski definition) is 1. The van der Waals surface area contributed by atoms with E-state index in [9.17, 15) is 0 Å². The van der Waals surface area contributed by atoms with Gasteiger partial charge in [-0.05, 0) is 38.1 Å². The minimum absolute atomic E-state index is 0.411. The molecule has 0 aliphatic carbocycles. The summed E-state index contributed by atoms with van der Waals surface area (Å²) >= 11 is 0. The van der Waals surface area contributed by atoms with E-state index in [4.69, 9.17) is 8.94 Å². The Kier molecular flexibility index (Phi) is 2.92. The molecular weight excluding hydrogens is 218 g/mol. The van der Waals surface area contributed by atoms with Crippen molar-refractivity contribution >= 4 is 0 Å². The highest BCUT2D eigenvalue weighted by atomic mass is 16.5. The molecule has 3 heterocycles. The second kappa shape index (κ2) is 4.71. The molecule has 0 bridgehead atoms. The molecule has 90 valence electrons. The average Bonchev–Trinajstić information content (AvgIpc) is 3.02. The van der Waals surface area contributed by atoms with Crippen LogP contribution >= 0.6 is 0 Å². The fourth-order valence-corrected chi connectivity index (χ4v) is 2.14. The van der Waals surface area contributed by atoms with E-state index in [0.29, 0.717) is 18.2 Å². The first kappa shape index (κ1) is 10.5. The van der Waals surface area contributed by atoms with E-state index in [1.807, 2.05) is 12.1 Å². The summed E-state index contributed by atoms with van der Waals surface area (Å²) in [5.41, 5.74) is 0. The van der Waals surface area contributed by atoms with Crippen molar-refractivity contribution in [3.63, 3.8) is 0 Å². The van der Waals surface area contributed by atoms with Gasteiger partial charge in [0.05, 0.1) is 12.7 Å². The van der Waals surface area contributed by atoms with Gasteiger partial charge in [0.1, 0.15) is 5.76 Å². The van der Waals surface area contributed by atoms with Crippen LogP contribution in [0.4, 0.5) is 0 Å². The van der Waals surface area contributed by atoms with Crippen molar-refractivity contribution in [1.29, 1.82) is 0 Å². The van der Waals surface area contributed by atoms with Crippen molar-refractivity contribution in [3.05, 3.63) is 35.9 Å². The Labute approximate surface area is 99.2 Å². The lowest BCUT2D eigenvalue weighted by atomic mass is 9.98. The maximum Gasteiger partial charge on any atom is 0.229 e. The summed E-state index contributed by atoms with van der Waals surface area (Å²) in [6, 6.07) is 3.78. The van der Waals surface area contributed by atoms with E-state index < -0.39 is 0 Å². The highest BCUT2D eigenvalue weighted by molar-refractivity contribution is 5.06. The van der Waals surface area contributed by atoms with E-state index in [-0.39, 0.29) is 0 Å². The van der Waals surface area contributed by atoms with Crippen LogP contribution < -0.4 is 5.32 Å². The Morgan fingerprint density at radius 2 is 2.24 bits per heavy atom. The van der Waals surface area contributed by atoms with Crippen molar-refractivity contribution in [2.45, 2.75) is 25.2 Å². The van der Waals surface area contributed by atoms with Crippen LogP contribution in [0.25, 0.3) is 0 Å². The van der Waals surface area contributed by atoms with Gasteiger partial charge in [-0.15, -0.1) is 0 Å². The predicted octanol–water partition coefficient (Wildman–Crippen LogP) is 1.72. The van der Waals surface area contributed by atoms with E-state index >= 15 is 0 Å². The van der Waals surface area contributed by atoms with Crippen LogP contribution in [0.2, 0.25) is 0 Å². The highest BCUT2D eigenvalue weighted by Crippen LogP contribution is 2.23. The van der Waals surface area contributed by atoms with Gasteiger partial charge in [0, 0.05) is 5.92 Å². The van der Waals surface area contributed by atoms with Gasteiger partial charge in [-0.25, -0.2) is 0 Å². The summed E-state index contributed by atoms with van der Waals surface area (Å²) in [5.74, 6) is 2.75. The smallest absolute Gasteiger partial charge is 0.229 e. The van der Waals surface area contributed by atoms with Crippen LogP contribution in [0.3, 0.4) is 0 Å². The number of nitrogens with zero attached hydrogens (tertiary/aromatic N) is 2. The first-order chi connectivity index (χ1) is 8.42. The monoisotopic (exact) mass is 233 g/mol. The second-order valence-corrected chi connectivity index (χ2v) is 4.33. The van der Waals surface area contributed by atoms with Crippen molar-refractivity contribution < 1.29 is 8.94 Å². The maximum absolute atomic E-state index is 5.32. The molecule has 0 atom stereocenters. The molecular formula is C12H15N3O2. The number of rotatable bonds is 3. The summed E-state index contributed by atoms with van der Waals surface area (Å²) in [6.45, 7) is 2.06. The maximum atomic E-state index is 5.32. The molecule has 1 N–H and O–H groups in total. The summed E-state index contributed by atoms with van der Waals surface area (Å²) < 4.78 is 10.6. The molecule has 0 amide bonds. The molecule has 2 aromatic rings. The van der Waals surface area contributed by atoms with E-state index in [1.54, 1.807) is 6.26 Å². The van der Waals surface area contributed by atoms with Crippen LogP contribution in [0.1, 0.15) is 36.2 Å². The summed E-state index contributed by atoms with van der Waals surface area (Å²) in [5, 5.41) is 7.32. The number of aromatic nitrogens is 2. The zero-order chi connectivity index (χ0) is 11.5. The fourth-order valence-electron chi connectivity index (χ4n) is 2.14. The second-order valence-electron chi connectivity index (χ2n) is 4.33. The molecule has 5 heteroatoms. The normalized spacial score (nSPS) is 17.4. The van der Waals surface area contributed by atoms with Crippen molar-refractivity contribution in [2.24, 2.45) is 0 Å². The molecule has 2 aromatic heterocycles. The third-order valence-electron chi connectivity index (χ3n) is 3.08. The Morgan fingerprint density at radius 3 is 3.00 bits per heavy atom. The van der Waals surface area contributed by atoms with Gasteiger partial charge in [-0.1, -0.05) is 5.16 Å². The van der Waals surface area contributed by atoms with Crippen LogP contribution in [0.15, 0.2) is 27.3 Å². The first-order valence-corrected chi connectivity index (χ1v) is 5.97. The van der Waals surface area contributed by atoms with Gasteiger partial charge < -0.3 is 14.3 Å². The third-order valence-corrected chi connectivity index (χ3v) is 3.08. The van der Waals surface area contributed by atoms with Crippen LogP contribution in [-0.4, -0.2) is 23.2 Å². The molecule has 17 heavy (non-hydrogen) atoms. The van der Waals surface area contributed by atoms with Gasteiger partial charge in [0.25, 0.3) is 0 Å². The SMILES string of the molecule is c1coc(Cc2noc(C3CCNCC3)n2)c1. The Balaban J connectivity index is 1.69. The molecule has 5 nitrogen and oxygen atoms in total. The quantitative estimate of drug-likeness (QED) is 0.874. The molecule has 0 spiro atoms. The number of furan rings is 1. The van der Waals surface area contributed by atoms with Crippen LogP contribution in [0, 0.1) is 0 Å². The molecule has 3 rings (SSSR count). The Morgan fingerprint density at radius 1 is 1.35 bits per heavy atom. The number of piperidine rings is 1. The number of hydrogen-bond acceptors (Lipinski definition) is 5. The minimum Gasteiger partial charge on any atom is -0.469 e. The molecule has 1 aliphatic rings. The topological polar surface area (TPSA) is 64.1 Å². The van der Waals surface area contributed by atoms with Crippen LogP contribution in [0.5, 0.6) is 0 Å². The third kappa shape index (κ3) is 2.39. The fraction of sp³-hybridized carbons (Fsp3) is 0.500. The molecule has 1 aliphatic heterocycles. The van der Waals surface area contributed by atoms with Gasteiger partial charge >= 0.3 is 0 Å². The summed E-state index contributed by atoms with van der Waals surface area (Å²) in [4.78, 5) is 4.44. The standard InChI is InChI=1S/C12H15N3O2/c1-2-10(16-7-1)8-11-14-12(17-15-11)9-3-5-13-6-4-9/h1-2,7,9,13H,3-6,8H2. The highest BCUT2D eigenvalue weighted by Gasteiger charge is 2.21. The number of nitrogens with one attached hydrogen (secondary N) is 1. The molecule has 0 unspecified atom stereocenters. The summed E-state index contributed by atoms with van der Waals surface area (Å²) in [6.07, 6.45) is 4.40. The van der Waals surface area contributed by atoms with Gasteiger partial charge in [0.2, 0.25) is 5.89 Å². The Bertz CT molecular complexity index is 458. The summed E-state index contributed by atoms with van der Waals surface area (Å²) in [7, 11) is 0. The van der Waals surface area contributed by atoms with Crippen molar-refractivity contribution in [3.8, 4) is 0 Å². The zero-order valence-electron chi connectivity index (χ0n) is 9.56. The van der Waals surface area contributed by atoms with E-state index in [2.05, 4.69) is 15.5 Å². The molecule has 0 aromatic carbocycles. The lowest BCUT2D eigenvalue weighted by Gasteiger charge is -2.18. The largest absolute Gasteiger partial charge is 0.469 e. The van der Waals surface area contributed by atoms with Gasteiger partial charge in [0.15, 0.2) is 5.82 Å². The predicted molar refractivity (Wildman–Crippen MR) is 60.7 cm³/mol. The molecule has 1 fully saturated rings. The van der Waals surface area contributed by atoms with Crippen molar-refractivity contribution in [2.75, 3.05) is 13.1 Å².